The standard InChI is InChI=1S/C19H21ClN4/c1-15-13-23(18-7-5-17(20)6-8-18)11-10-22(15)14-16-12-21-24-9-3-2-4-19(16)24/h2-9,12,15H,10-11,13-14H2,1H3/t15-/m1/s1. The van der Waals surface area contributed by atoms with Gasteiger partial charge in [0.05, 0.1) is 11.7 Å². The summed E-state index contributed by atoms with van der Waals surface area (Å²) >= 11 is 6.00. The normalized spacial score (nSPS) is 19.1. The second-order valence-electron chi connectivity index (χ2n) is 6.44. The summed E-state index contributed by atoms with van der Waals surface area (Å²) in [4.78, 5) is 4.98. The van der Waals surface area contributed by atoms with Gasteiger partial charge in [-0.3, -0.25) is 4.90 Å². The predicted molar refractivity (Wildman–Crippen MR) is 98.7 cm³/mol. The van der Waals surface area contributed by atoms with E-state index in [0.29, 0.717) is 6.04 Å². The van der Waals surface area contributed by atoms with Crippen molar-refractivity contribution in [2.75, 3.05) is 24.5 Å². The van der Waals surface area contributed by atoms with Crippen molar-refractivity contribution in [2.45, 2.75) is 19.5 Å². The Balaban J connectivity index is 1.46. The summed E-state index contributed by atoms with van der Waals surface area (Å²) < 4.78 is 1.95. The summed E-state index contributed by atoms with van der Waals surface area (Å²) in [6.07, 6.45) is 3.99. The van der Waals surface area contributed by atoms with Gasteiger partial charge in [0.15, 0.2) is 0 Å². The molecule has 1 fully saturated rings. The predicted octanol–water partition coefficient (Wildman–Crippen LogP) is 3.70. The molecule has 3 aromatic rings. The molecule has 24 heavy (non-hydrogen) atoms. The van der Waals surface area contributed by atoms with E-state index in [-0.39, 0.29) is 0 Å². The molecule has 0 radical (unpaired) electrons. The average Bonchev–Trinajstić information content (AvgIpc) is 3.01. The van der Waals surface area contributed by atoms with Crippen LogP contribution in [0.1, 0.15) is 12.5 Å². The molecular formula is C19H21ClN4. The molecule has 0 amide bonds. The van der Waals surface area contributed by atoms with Crippen molar-refractivity contribution < 1.29 is 0 Å². The Kier molecular flexibility index (Phi) is 4.17. The lowest BCUT2D eigenvalue weighted by molar-refractivity contribution is 0.181. The van der Waals surface area contributed by atoms with Gasteiger partial charge in [-0.25, -0.2) is 4.52 Å². The van der Waals surface area contributed by atoms with E-state index in [1.165, 1.54) is 16.8 Å². The highest BCUT2D eigenvalue weighted by Gasteiger charge is 2.24. The van der Waals surface area contributed by atoms with Crippen molar-refractivity contribution in [3.05, 3.63) is 65.4 Å². The van der Waals surface area contributed by atoms with E-state index >= 15 is 0 Å². The number of rotatable bonds is 3. The van der Waals surface area contributed by atoms with Gasteiger partial charge in [0.2, 0.25) is 0 Å². The SMILES string of the molecule is C[C@@H]1CN(c2ccc(Cl)cc2)CCN1Cc1cnn2ccccc12. The van der Waals surface area contributed by atoms with Crippen molar-refractivity contribution in [3.63, 3.8) is 0 Å². The van der Waals surface area contributed by atoms with Crippen molar-refractivity contribution in [1.82, 2.24) is 14.5 Å². The maximum atomic E-state index is 6.00. The number of benzene rings is 1. The molecule has 1 atom stereocenters. The van der Waals surface area contributed by atoms with Crippen molar-refractivity contribution in [3.8, 4) is 0 Å². The van der Waals surface area contributed by atoms with Gasteiger partial charge in [0, 0.05) is 54.7 Å². The number of aromatic nitrogens is 2. The summed E-state index contributed by atoms with van der Waals surface area (Å²) in [6, 6.07) is 14.9. The first-order valence-corrected chi connectivity index (χ1v) is 8.74. The summed E-state index contributed by atoms with van der Waals surface area (Å²) in [5.41, 5.74) is 3.74. The molecule has 1 aliphatic rings. The van der Waals surface area contributed by atoms with E-state index in [2.05, 4.69) is 46.1 Å². The first kappa shape index (κ1) is 15.5. The van der Waals surface area contributed by atoms with E-state index in [1.807, 2.05) is 35.1 Å². The topological polar surface area (TPSA) is 23.8 Å². The number of piperazine rings is 1. The van der Waals surface area contributed by atoms with Crippen LogP contribution >= 0.6 is 11.6 Å². The van der Waals surface area contributed by atoms with E-state index in [1.54, 1.807) is 0 Å². The van der Waals surface area contributed by atoms with E-state index in [4.69, 9.17) is 11.6 Å². The van der Waals surface area contributed by atoms with Crippen LogP contribution in [-0.2, 0) is 6.54 Å². The lowest BCUT2D eigenvalue weighted by atomic mass is 10.1. The summed E-state index contributed by atoms with van der Waals surface area (Å²) in [7, 11) is 0. The Morgan fingerprint density at radius 2 is 1.96 bits per heavy atom. The fraction of sp³-hybridized carbons (Fsp3) is 0.316. The van der Waals surface area contributed by atoms with Crippen LogP contribution in [0.15, 0.2) is 54.9 Å². The smallest absolute Gasteiger partial charge is 0.0706 e. The van der Waals surface area contributed by atoms with Crippen LogP contribution in [-0.4, -0.2) is 40.2 Å². The maximum Gasteiger partial charge on any atom is 0.0706 e. The third kappa shape index (κ3) is 2.99. The second kappa shape index (κ2) is 6.46. The van der Waals surface area contributed by atoms with Gasteiger partial charge in [-0.2, -0.15) is 5.10 Å². The molecule has 0 bridgehead atoms. The molecule has 1 aromatic carbocycles. The Bertz CT molecular complexity index is 827. The van der Waals surface area contributed by atoms with Crippen LogP contribution in [0, 0.1) is 0 Å². The van der Waals surface area contributed by atoms with Crippen LogP contribution in [0.3, 0.4) is 0 Å². The van der Waals surface area contributed by atoms with E-state index in [9.17, 15) is 0 Å². The van der Waals surface area contributed by atoms with Crippen LogP contribution in [0.2, 0.25) is 5.02 Å². The van der Waals surface area contributed by atoms with Crippen LogP contribution < -0.4 is 4.90 Å². The average molecular weight is 341 g/mol. The molecule has 0 saturated carbocycles. The minimum atomic E-state index is 0.494. The zero-order chi connectivity index (χ0) is 16.5. The van der Waals surface area contributed by atoms with Gasteiger partial charge >= 0.3 is 0 Å². The van der Waals surface area contributed by atoms with Crippen molar-refractivity contribution in [1.29, 1.82) is 0 Å². The first-order valence-electron chi connectivity index (χ1n) is 8.36. The minimum absolute atomic E-state index is 0.494. The highest BCUT2D eigenvalue weighted by Crippen LogP contribution is 2.23. The molecule has 0 N–H and O–H groups in total. The van der Waals surface area contributed by atoms with Gasteiger partial charge in [-0.15, -0.1) is 0 Å². The Labute approximate surface area is 147 Å². The van der Waals surface area contributed by atoms with E-state index < -0.39 is 0 Å². The zero-order valence-electron chi connectivity index (χ0n) is 13.8. The largest absolute Gasteiger partial charge is 0.369 e. The fourth-order valence-electron chi connectivity index (χ4n) is 3.44. The number of hydrogen-bond donors (Lipinski definition) is 0. The van der Waals surface area contributed by atoms with Gasteiger partial charge in [-0.05, 0) is 43.3 Å². The number of hydrogen-bond acceptors (Lipinski definition) is 3. The molecule has 124 valence electrons. The summed E-state index contributed by atoms with van der Waals surface area (Å²) in [6.45, 7) is 6.36. The molecule has 2 aromatic heterocycles. The van der Waals surface area contributed by atoms with Crippen molar-refractivity contribution >= 4 is 22.8 Å². The number of halogens is 1. The Morgan fingerprint density at radius 1 is 1.12 bits per heavy atom. The first-order chi connectivity index (χ1) is 11.7. The van der Waals surface area contributed by atoms with E-state index in [0.717, 1.165) is 31.2 Å². The van der Waals surface area contributed by atoms with Gasteiger partial charge in [0.1, 0.15) is 0 Å². The minimum Gasteiger partial charge on any atom is -0.369 e. The fourth-order valence-corrected chi connectivity index (χ4v) is 3.57. The number of anilines is 1. The van der Waals surface area contributed by atoms with Crippen LogP contribution in [0.25, 0.3) is 5.52 Å². The lowest BCUT2D eigenvalue weighted by Crippen LogP contribution is -2.51. The second-order valence-corrected chi connectivity index (χ2v) is 6.88. The molecule has 1 aliphatic heterocycles. The lowest BCUT2D eigenvalue weighted by Gasteiger charge is -2.41. The summed E-state index contributed by atoms with van der Waals surface area (Å²) in [5.74, 6) is 0. The van der Waals surface area contributed by atoms with Gasteiger partial charge in [-0.1, -0.05) is 17.7 Å². The van der Waals surface area contributed by atoms with Crippen molar-refractivity contribution in [2.24, 2.45) is 0 Å². The zero-order valence-corrected chi connectivity index (χ0v) is 14.5. The molecule has 0 aliphatic carbocycles. The number of fused-ring (bicyclic) bond motifs is 1. The number of nitrogens with zero attached hydrogens (tertiary/aromatic N) is 4. The summed E-state index contributed by atoms with van der Waals surface area (Å²) in [5, 5.41) is 5.24. The maximum absolute atomic E-state index is 6.00. The number of pyridine rings is 1. The molecule has 4 rings (SSSR count). The third-order valence-electron chi connectivity index (χ3n) is 4.84. The molecule has 0 spiro atoms. The van der Waals surface area contributed by atoms with Gasteiger partial charge in [0.25, 0.3) is 0 Å². The Hall–Kier alpha value is -2.04. The molecule has 5 heteroatoms. The third-order valence-corrected chi connectivity index (χ3v) is 5.09. The Morgan fingerprint density at radius 3 is 2.75 bits per heavy atom. The highest BCUT2D eigenvalue weighted by molar-refractivity contribution is 6.30. The monoisotopic (exact) mass is 340 g/mol. The molecule has 1 saturated heterocycles. The molecule has 0 unspecified atom stereocenters. The molecular weight excluding hydrogens is 320 g/mol. The van der Waals surface area contributed by atoms with Crippen LogP contribution in [0.5, 0.6) is 0 Å². The van der Waals surface area contributed by atoms with Crippen LogP contribution in [0.4, 0.5) is 5.69 Å². The highest BCUT2D eigenvalue weighted by atomic mass is 35.5. The molecule has 4 nitrogen and oxygen atoms in total. The quantitative estimate of drug-likeness (QED) is 0.726. The molecule has 3 heterocycles. The van der Waals surface area contributed by atoms with Gasteiger partial charge < -0.3 is 4.90 Å².